The minimum Gasteiger partial charge on any atom is -0.493 e. The van der Waals surface area contributed by atoms with Crippen molar-refractivity contribution < 1.29 is 27.0 Å². The number of nitrogens with one attached hydrogen (secondary N) is 1. The van der Waals surface area contributed by atoms with E-state index in [2.05, 4.69) is 31.2 Å². The minimum atomic E-state index is -1.59. The van der Waals surface area contributed by atoms with Crippen LogP contribution in [0.3, 0.4) is 0 Å². The molecule has 5 nitrogen and oxygen atoms in total. The quantitative estimate of drug-likeness (QED) is 0.368. The number of benzene rings is 2. The van der Waals surface area contributed by atoms with E-state index < -0.39 is 33.4 Å². The number of aromatic nitrogens is 2. The maximum atomic E-state index is 14.1. The minimum absolute atomic E-state index is 0.0742. The van der Waals surface area contributed by atoms with Crippen molar-refractivity contribution in [3.63, 3.8) is 0 Å². The van der Waals surface area contributed by atoms with Crippen molar-refractivity contribution in [2.24, 2.45) is 0 Å². The fourth-order valence-corrected chi connectivity index (χ4v) is 2.66. The fourth-order valence-electron chi connectivity index (χ4n) is 2.32. The van der Waals surface area contributed by atoms with Crippen LogP contribution in [0.4, 0.5) is 29.1 Å². The summed E-state index contributed by atoms with van der Waals surface area (Å²) in [6.07, 6.45) is 1.12. The first-order valence-corrected chi connectivity index (χ1v) is 7.83. The molecule has 0 unspecified atom stereocenters. The molecule has 0 radical (unpaired) electrons. The molecule has 0 amide bonds. The van der Waals surface area contributed by atoms with E-state index in [4.69, 9.17) is 9.47 Å². The van der Waals surface area contributed by atoms with Crippen LogP contribution in [0.1, 0.15) is 0 Å². The van der Waals surface area contributed by atoms with Gasteiger partial charge in [-0.15, -0.1) is 0 Å². The molecule has 0 aliphatic rings. The molecule has 0 bridgehead atoms. The van der Waals surface area contributed by atoms with Gasteiger partial charge in [-0.25, -0.2) is 27.5 Å². The summed E-state index contributed by atoms with van der Waals surface area (Å²) in [6, 6.07) is 2.99. The highest BCUT2D eigenvalue weighted by Gasteiger charge is 2.25. The van der Waals surface area contributed by atoms with E-state index in [0.717, 1.165) is 6.33 Å². The number of hydrogen-bond donors (Lipinski definition) is 1. The lowest BCUT2D eigenvalue weighted by Crippen LogP contribution is -2.06. The molecule has 26 heavy (non-hydrogen) atoms. The number of hydrogen-bond acceptors (Lipinski definition) is 5. The lowest BCUT2D eigenvalue weighted by molar-refractivity contribution is 0.356. The zero-order valence-corrected chi connectivity index (χ0v) is 14.9. The Morgan fingerprint density at radius 2 is 1.46 bits per heavy atom. The molecule has 2 aromatic carbocycles. The predicted molar refractivity (Wildman–Crippen MR) is 89.9 cm³/mol. The highest BCUT2D eigenvalue weighted by atomic mass is 79.9. The second kappa shape index (κ2) is 6.94. The first kappa shape index (κ1) is 18.2. The molecule has 1 N–H and O–H groups in total. The summed E-state index contributed by atoms with van der Waals surface area (Å²) in [5.74, 6) is -5.70. The maximum absolute atomic E-state index is 14.1. The summed E-state index contributed by atoms with van der Waals surface area (Å²) < 4.78 is 65.0. The van der Waals surface area contributed by atoms with Crippen molar-refractivity contribution in [3.05, 3.63) is 46.2 Å². The molecule has 3 aromatic rings. The molecule has 0 fully saturated rings. The molecule has 136 valence electrons. The van der Waals surface area contributed by atoms with Gasteiger partial charge in [-0.1, -0.05) is 0 Å². The standard InChI is InChI=1S/C16H10BrF4N3O2/c1-25-8-3-6-7(4-9(8)26-2)22-5-23-16(6)24-15-13(20)11(18)10(17)12(19)14(15)21/h3-5H,1-2H3,(H,22,23,24). The smallest absolute Gasteiger partial charge is 0.186 e. The van der Waals surface area contributed by atoms with Crippen molar-refractivity contribution in [2.45, 2.75) is 0 Å². The third-order valence-corrected chi connectivity index (χ3v) is 4.29. The molecular formula is C16H10BrF4N3O2. The van der Waals surface area contributed by atoms with Crippen LogP contribution in [-0.2, 0) is 0 Å². The summed E-state index contributed by atoms with van der Waals surface area (Å²) in [5.41, 5.74) is -0.656. The lowest BCUT2D eigenvalue weighted by Gasteiger charge is -2.14. The van der Waals surface area contributed by atoms with Crippen molar-refractivity contribution in [1.82, 2.24) is 9.97 Å². The third kappa shape index (κ3) is 2.90. The molecule has 0 spiro atoms. The van der Waals surface area contributed by atoms with Crippen molar-refractivity contribution in [2.75, 3.05) is 19.5 Å². The van der Waals surface area contributed by atoms with Crippen molar-refractivity contribution in [1.29, 1.82) is 0 Å². The van der Waals surface area contributed by atoms with Crippen LogP contribution in [0.15, 0.2) is 22.9 Å². The van der Waals surface area contributed by atoms with Gasteiger partial charge < -0.3 is 14.8 Å². The molecule has 0 saturated carbocycles. The van der Waals surface area contributed by atoms with Gasteiger partial charge in [0.05, 0.1) is 24.2 Å². The average Bonchev–Trinajstić information content (AvgIpc) is 2.67. The number of nitrogens with zero attached hydrogens (tertiary/aromatic N) is 2. The molecule has 0 aliphatic heterocycles. The van der Waals surface area contributed by atoms with Gasteiger partial charge in [-0.3, -0.25) is 0 Å². The zero-order chi connectivity index (χ0) is 19.0. The van der Waals surface area contributed by atoms with Gasteiger partial charge in [0.15, 0.2) is 34.8 Å². The van der Waals surface area contributed by atoms with E-state index in [1.165, 1.54) is 26.4 Å². The van der Waals surface area contributed by atoms with Crippen molar-refractivity contribution >= 4 is 38.3 Å². The van der Waals surface area contributed by atoms with Gasteiger partial charge >= 0.3 is 0 Å². The van der Waals surface area contributed by atoms with Crippen LogP contribution in [0.25, 0.3) is 10.9 Å². The highest BCUT2D eigenvalue weighted by Crippen LogP contribution is 2.37. The Morgan fingerprint density at radius 3 is 2.04 bits per heavy atom. The van der Waals surface area contributed by atoms with E-state index in [-0.39, 0.29) is 5.82 Å². The Morgan fingerprint density at radius 1 is 0.885 bits per heavy atom. The number of rotatable bonds is 4. The molecule has 1 aromatic heterocycles. The SMILES string of the molecule is COc1cc2ncnc(Nc3c(F)c(F)c(Br)c(F)c3F)c2cc1OC. The Bertz CT molecular complexity index is 988. The van der Waals surface area contributed by atoms with E-state index >= 15 is 0 Å². The molecule has 3 rings (SSSR count). The average molecular weight is 432 g/mol. The number of ether oxygens (including phenoxy) is 2. The highest BCUT2D eigenvalue weighted by molar-refractivity contribution is 9.10. The van der Waals surface area contributed by atoms with E-state index in [1.807, 2.05) is 0 Å². The summed E-state index contributed by atoms with van der Waals surface area (Å²) >= 11 is 2.46. The Balaban J connectivity index is 2.19. The first-order valence-electron chi connectivity index (χ1n) is 7.04. The second-order valence-corrected chi connectivity index (χ2v) is 5.81. The molecule has 0 atom stereocenters. The lowest BCUT2D eigenvalue weighted by atomic mass is 10.2. The molecule has 0 saturated heterocycles. The number of methoxy groups -OCH3 is 2. The Labute approximate surface area is 153 Å². The van der Waals surface area contributed by atoms with Crippen LogP contribution in [0.2, 0.25) is 0 Å². The largest absolute Gasteiger partial charge is 0.493 e. The van der Waals surface area contributed by atoms with Gasteiger partial charge in [0.1, 0.15) is 17.8 Å². The summed E-state index contributed by atoms with van der Waals surface area (Å²) in [6.45, 7) is 0. The normalized spacial score (nSPS) is 10.9. The second-order valence-electron chi connectivity index (χ2n) is 5.02. The summed E-state index contributed by atoms with van der Waals surface area (Å²) in [7, 11) is 2.83. The maximum Gasteiger partial charge on any atom is 0.186 e. The van der Waals surface area contributed by atoms with E-state index in [1.54, 1.807) is 0 Å². The van der Waals surface area contributed by atoms with Crippen LogP contribution in [0.5, 0.6) is 11.5 Å². The Hall–Kier alpha value is -2.62. The topological polar surface area (TPSA) is 56.3 Å². The molecular weight excluding hydrogens is 422 g/mol. The van der Waals surface area contributed by atoms with E-state index in [0.29, 0.717) is 22.4 Å². The van der Waals surface area contributed by atoms with Gasteiger partial charge in [0.25, 0.3) is 0 Å². The number of halogens is 5. The van der Waals surface area contributed by atoms with Gasteiger partial charge in [-0.05, 0) is 22.0 Å². The van der Waals surface area contributed by atoms with E-state index in [9.17, 15) is 17.6 Å². The third-order valence-electron chi connectivity index (χ3n) is 3.59. The van der Waals surface area contributed by atoms with Crippen LogP contribution in [0, 0.1) is 23.3 Å². The summed E-state index contributed by atoms with van der Waals surface area (Å²) in [5, 5.41) is 2.58. The molecule has 1 heterocycles. The monoisotopic (exact) mass is 431 g/mol. The van der Waals surface area contributed by atoms with Crippen LogP contribution >= 0.6 is 15.9 Å². The first-order chi connectivity index (χ1) is 12.4. The van der Waals surface area contributed by atoms with Gasteiger partial charge in [0, 0.05) is 11.5 Å². The molecule has 0 aliphatic carbocycles. The van der Waals surface area contributed by atoms with Crippen LogP contribution < -0.4 is 14.8 Å². The van der Waals surface area contributed by atoms with Gasteiger partial charge in [-0.2, -0.15) is 0 Å². The van der Waals surface area contributed by atoms with Crippen molar-refractivity contribution in [3.8, 4) is 11.5 Å². The zero-order valence-electron chi connectivity index (χ0n) is 13.3. The number of fused-ring (bicyclic) bond motifs is 1. The van der Waals surface area contributed by atoms with Gasteiger partial charge in [0.2, 0.25) is 0 Å². The fraction of sp³-hybridized carbons (Fsp3) is 0.125. The molecule has 10 heteroatoms. The summed E-state index contributed by atoms with van der Waals surface area (Å²) in [4.78, 5) is 7.92. The predicted octanol–water partition coefficient (Wildman–Crippen LogP) is 4.71. The number of anilines is 2. The van der Waals surface area contributed by atoms with Crippen LogP contribution in [-0.4, -0.2) is 24.2 Å². The Kier molecular flexibility index (Phi) is 4.86.